The molecule has 0 aromatic heterocycles. The molecular formula is C28H32N2O7. The van der Waals surface area contributed by atoms with Crippen LogP contribution in [0, 0.1) is 11.8 Å². The maximum absolute atomic E-state index is 14.0. The summed E-state index contributed by atoms with van der Waals surface area (Å²) in [4.78, 5) is 41.7. The standard InChI is InChI=1S/C28H32N2O7/c29-27(36)21-24(33)22(30-9-2-1-3-10-30)17-12-14-11-16-15(13-5-4-6-13)7-8-18(31)20(16)23(32)19(14)25(34)28(17,37)26(21)35/h7-8,13-14,17,22,31-32,35,37H,1-6,9-12H2,(H2,29,36)/t14-,17-,22+,28-/m0/s1. The zero-order valence-electron chi connectivity index (χ0n) is 20.6. The van der Waals surface area contributed by atoms with Crippen molar-refractivity contribution >= 4 is 23.2 Å². The number of amides is 1. The third-order valence-corrected chi connectivity index (χ3v) is 9.41. The first-order valence-electron chi connectivity index (χ1n) is 13.2. The molecule has 37 heavy (non-hydrogen) atoms. The van der Waals surface area contributed by atoms with Crippen LogP contribution in [-0.2, 0) is 20.8 Å². The second-order valence-electron chi connectivity index (χ2n) is 11.2. The van der Waals surface area contributed by atoms with E-state index in [1.54, 1.807) is 0 Å². The van der Waals surface area contributed by atoms with Gasteiger partial charge < -0.3 is 26.2 Å². The second-order valence-corrected chi connectivity index (χ2v) is 11.2. The third kappa shape index (κ3) is 3.26. The van der Waals surface area contributed by atoms with Crippen LogP contribution in [0.15, 0.2) is 29.0 Å². The number of fused-ring (bicyclic) bond motifs is 3. The van der Waals surface area contributed by atoms with Crippen LogP contribution in [0.5, 0.6) is 5.75 Å². The van der Waals surface area contributed by atoms with Gasteiger partial charge in [0.1, 0.15) is 22.8 Å². The van der Waals surface area contributed by atoms with Crippen LogP contribution in [0.3, 0.4) is 0 Å². The Balaban J connectivity index is 1.53. The van der Waals surface area contributed by atoms with E-state index < -0.39 is 58.0 Å². The lowest BCUT2D eigenvalue weighted by Gasteiger charge is -2.52. The molecule has 4 atom stereocenters. The number of phenols is 1. The number of aromatic hydroxyl groups is 1. The third-order valence-electron chi connectivity index (χ3n) is 9.41. The quantitative estimate of drug-likeness (QED) is 0.388. The van der Waals surface area contributed by atoms with Gasteiger partial charge in [-0.05, 0) is 80.6 Å². The van der Waals surface area contributed by atoms with E-state index in [2.05, 4.69) is 0 Å². The molecule has 1 aliphatic heterocycles. The molecule has 6 N–H and O–H groups in total. The molecule has 1 aromatic rings. The van der Waals surface area contributed by atoms with Crippen molar-refractivity contribution in [2.24, 2.45) is 17.6 Å². The van der Waals surface area contributed by atoms with Gasteiger partial charge in [0, 0.05) is 11.5 Å². The number of primary amides is 1. The van der Waals surface area contributed by atoms with Crippen LogP contribution in [0.1, 0.15) is 67.6 Å². The topological polar surface area (TPSA) is 161 Å². The Morgan fingerprint density at radius 1 is 1.00 bits per heavy atom. The molecule has 9 nitrogen and oxygen atoms in total. The van der Waals surface area contributed by atoms with Crippen LogP contribution in [0.4, 0.5) is 0 Å². The van der Waals surface area contributed by atoms with E-state index in [0.717, 1.165) is 49.7 Å². The summed E-state index contributed by atoms with van der Waals surface area (Å²) in [6, 6.07) is 2.40. The number of carbonyl (C=O) groups excluding carboxylic acids is 3. The number of ketones is 2. The van der Waals surface area contributed by atoms with Gasteiger partial charge in [0.15, 0.2) is 11.4 Å². The fourth-order valence-corrected chi connectivity index (χ4v) is 7.39. The Morgan fingerprint density at radius 3 is 2.32 bits per heavy atom. The van der Waals surface area contributed by atoms with Gasteiger partial charge in [0.2, 0.25) is 5.78 Å². The lowest BCUT2D eigenvalue weighted by molar-refractivity contribution is -0.155. The van der Waals surface area contributed by atoms with Crippen LogP contribution in [0.25, 0.3) is 5.76 Å². The molecule has 0 radical (unpaired) electrons. The Kier molecular flexibility index (Phi) is 5.51. The van der Waals surface area contributed by atoms with Crippen LogP contribution < -0.4 is 5.73 Å². The molecule has 0 spiro atoms. The number of likely N-dealkylation sites (tertiary alicyclic amines) is 1. The molecule has 4 aliphatic carbocycles. The highest BCUT2D eigenvalue weighted by molar-refractivity contribution is 6.24. The van der Waals surface area contributed by atoms with E-state index >= 15 is 0 Å². The maximum Gasteiger partial charge on any atom is 0.255 e. The molecule has 1 heterocycles. The SMILES string of the molecule is NC(=O)C1=C(O)[C@@]2(O)C(=O)C3=C(O)c4c(O)ccc(C5CCC5)c4C[C@H]3C[C@H]2[C@@H](N2CCCCC2)C1=O. The van der Waals surface area contributed by atoms with Gasteiger partial charge in [-0.15, -0.1) is 0 Å². The Labute approximate surface area is 214 Å². The van der Waals surface area contributed by atoms with Crippen LogP contribution in [0.2, 0.25) is 0 Å². The molecule has 5 aliphatic rings. The minimum Gasteiger partial charge on any atom is -0.508 e. The maximum atomic E-state index is 14.0. The Bertz CT molecular complexity index is 1290. The van der Waals surface area contributed by atoms with Gasteiger partial charge in [-0.2, -0.15) is 0 Å². The molecule has 1 saturated heterocycles. The summed E-state index contributed by atoms with van der Waals surface area (Å²) in [5.41, 5.74) is 4.05. The predicted octanol–water partition coefficient (Wildman–Crippen LogP) is 2.16. The molecule has 6 rings (SSSR count). The summed E-state index contributed by atoms with van der Waals surface area (Å²) in [5.74, 6) is -5.65. The lowest BCUT2D eigenvalue weighted by Crippen LogP contribution is -2.67. The van der Waals surface area contributed by atoms with Crippen LogP contribution in [-0.4, -0.2) is 67.5 Å². The normalized spacial score (nSPS) is 32.5. The summed E-state index contributed by atoms with van der Waals surface area (Å²) in [6.45, 7) is 1.12. The second kappa shape index (κ2) is 8.43. The molecule has 3 fully saturated rings. The number of carbonyl (C=O) groups is 3. The number of aliphatic hydroxyl groups excluding tert-OH is 2. The van der Waals surface area contributed by atoms with Crippen molar-refractivity contribution < 1.29 is 34.8 Å². The summed E-state index contributed by atoms with van der Waals surface area (Å²) >= 11 is 0. The number of phenolic OH excluding ortho intramolecular Hbond substituents is 1. The minimum absolute atomic E-state index is 0.0885. The first-order chi connectivity index (χ1) is 17.7. The summed E-state index contributed by atoms with van der Waals surface area (Å²) in [6.07, 6.45) is 6.29. The highest BCUT2D eigenvalue weighted by Gasteiger charge is 2.64. The van der Waals surface area contributed by atoms with Gasteiger partial charge in [-0.3, -0.25) is 19.3 Å². The minimum atomic E-state index is -2.58. The molecule has 0 bridgehead atoms. The van der Waals surface area contributed by atoms with E-state index in [1.807, 2.05) is 11.0 Å². The average Bonchev–Trinajstić information content (AvgIpc) is 2.82. The Hall–Kier alpha value is -3.17. The summed E-state index contributed by atoms with van der Waals surface area (Å²) < 4.78 is 0. The molecular weight excluding hydrogens is 476 g/mol. The number of nitrogens with two attached hydrogens (primary N) is 1. The van der Waals surface area contributed by atoms with Crippen molar-refractivity contribution in [1.29, 1.82) is 0 Å². The number of rotatable bonds is 3. The predicted molar refractivity (Wildman–Crippen MR) is 133 cm³/mol. The number of benzene rings is 1. The summed E-state index contributed by atoms with van der Waals surface area (Å²) in [5, 5.41) is 45.0. The number of Topliss-reactive ketones (excluding diaryl/α,β-unsaturated/α-hetero) is 2. The fraction of sp³-hybridized carbons (Fsp3) is 0.536. The highest BCUT2D eigenvalue weighted by Crippen LogP contribution is 2.54. The van der Waals surface area contributed by atoms with E-state index in [9.17, 15) is 34.8 Å². The van der Waals surface area contributed by atoms with Crippen molar-refractivity contribution in [1.82, 2.24) is 4.90 Å². The van der Waals surface area contributed by atoms with Crippen molar-refractivity contribution in [2.75, 3.05) is 13.1 Å². The monoisotopic (exact) mass is 508 g/mol. The molecule has 196 valence electrons. The number of hydrogen-bond acceptors (Lipinski definition) is 8. The molecule has 0 unspecified atom stereocenters. The van der Waals surface area contributed by atoms with E-state index in [4.69, 9.17) is 5.73 Å². The number of nitrogens with zero attached hydrogens (tertiary/aromatic N) is 1. The molecule has 2 saturated carbocycles. The van der Waals surface area contributed by atoms with Crippen molar-refractivity contribution in [3.63, 3.8) is 0 Å². The average molecular weight is 509 g/mol. The summed E-state index contributed by atoms with van der Waals surface area (Å²) in [7, 11) is 0. The largest absolute Gasteiger partial charge is 0.508 e. The number of aliphatic hydroxyl groups is 3. The number of hydrogen-bond donors (Lipinski definition) is 5. The Morgan fingerprint density at radius 2 is 1.70 bits per heavy atom. The highest BCUT2D eigenvalue weighted by atomic mass is 16.3. The lowest BCUT2D eigenvalue weighted by atomic mass is 9.57. The first-order valence-corrected chi connectivity index (χ1v) is 13.2. The fourth-order valence-electron chi connectivity index (χ4n) is 7.39. The zero-order chi connectivity index (χ0) is 26.2. The van der Waals surface area contributed by atoms with E-state index in [1.165, 1.54) is 6.07 Å². The van der Waals surface area contributed by atoms with Gasteiger partial charge in [-0.25, -0.2) is 0 Å². The molecule has 1 amide bonds. The van der Waals surface area contributed by atoms with E-state index in [-0.39, 0.29) is 23.3 Å². The van der Waals surface area contributed by atoms with Gasteiger partial charge in [0.05, 0.1) is 11.6 Å². The molecule has 9 heteroatoms. The first kappa shape index (κ1) is 24.2. The van der Waals surface area contributed by atoms with E-state index in [0.29, 0.717) is 25.4 Å². The van der Waals surface area contributed by atoms with Crippen molar-refractivity contribution in [3.05, 3.63) is 45.7 Å². The smallest absolute Gasteiger partial charge is 0.255 e. The van der Waals surface area contributed by atoms with Crippen molar-refractivity contribution in [3.8, 4) is 5.75 Å². The van der Waals surface area contributed by atoms with Crippen molar-refractivity contribution in [2.45, 2.75) is 68.9 Å². The zero-order valence-corrected chi connectivity index (χ0v) is 20.6. The van der Waals surface area contributed by atoms with Gasteiger partial charge in [0.25, 0.3) is 5.91 Å². The molecule has 1 aromatic carbocycles. The number of piperidine rings is 1. The van der Waals surface area contributed by atoms with Gasteiger partial charge in [-0.1, -0.05) is 18.9 Å². The van der Waals surface area contributed by atoms with Crippen LogP contribution >= 0.6 is 0 Å². The van der Waals surface area contributed by atoms with Gasteiger partial charge >= 0.3 is 0 Å².